The van der Waals surface area contributed by atoms with Crippen molar-refractivity contribution < 1.29 is 17.7 Å². The molecule has 146 valence electrons. The second kappa shape index (κ2) is 7.77. The van der Waals surface area contributed by atoms with E-state index >= 15 is 0 Å². The van der Waals surface area contributed by atoms with E-state index in [9.17, 15) is 13.2 Å². The second-order valence-electron chi connectivity index (χ2n) is 6.92. The van der Waals surface area contributed by atoms with E-state index in [0.29, 0.717) is 36.5 Å². The van der Waals surface area contributed by atoms with Gasteiger partial charge in [-0.15, -0.1) is 0 Å². The van der Waals surface area contributed by atoms with Gasteiger partial charge in [0, 0.05) is 38.1 Å². The fourth-order valence-electron chi connectivity index (χ4n) is 3.51. The molecule has 0 aliphatic carbocycles. The van der Waals surface area contributed by atoms with Gasteiger partial charge in [-0.1, -0.05) is 11.2 Å². The molecule has 9 heteroatoms. The minimum Gasteiger partial charge on any atom is -0.361 e. The molecule has 1 amide bonds. The molecule has 8 nitrogen and oxygen atoms in total. The third-order valence-corrected chi connectivity index (χ3v) is 6.10. The van der Waals surface area contributed by atoms with E-state index in [4.69, 9.17) is 4.52 Å². The highest BCUT2D eigenvalue weighted by atomic mass is 32.2. The number of carbonyl (C=O) groups is 1. The Morgan fingerprint density at radius 2 is 2.19 bits per heavy atom. The smallest absolute Gasteiger partial charge is 0.259 e. The summed E-state index contributed by atoms with van der Waals surface area (Å²) in [5.41, 5.74) is 1.83. The summed E-state index contributed by atoms with van der Waals surface area (Å²) in [7, 11) is -3.45. The van der Waals surface area contributed by atoms with Crippen LogP contribution in [0.5, 0.6) is 0 Å². The van der Waals surface area contributed by atoms with E-state index in [-0.39, 0.29) is 18.5 Å². The quantitative estimate of drug-likeness (QED) is 0.769. The van der Waals surface area contributed by atoms with Crippen LogP contribution in [0.4, 0.5) is 0 Å². The number of aryl methyl sites for hydroxylation is 2. The number of sulfonamides is 1. The first-order chi connectivity index (χ1) is 12.8. The minimum absolute atomic E-state index is 0.161. The van der Waals surface area contributed by atoms with Crippen molar-refractivity contribution in [1.29, 1.82) is 0 Å². The highest BCUT2D eigenvalue weighted by Gasteiger charge is 2.34. The Labute approximate surface area is 159 Å². The molecule has 1 unspecified atom stereocenters. The molecule has 3 rings (SSSR count). The maximum Gasteiger partial charge on any atom is 0.259 e. The molecule has 0 bridgehead atoms. The van der Waals surface area contributed by atoms with Crippen molar-refractivity contribution in [3.8, 4) is 0 Å². The van der Waals surface area contributed by atoms with Gasteiger partial charge in [-0.25, -0.2) is 8.42 Å². The van der Waals surface area contributed by atoms with Crippen LogP contribution in [0.15, 0.2) is 29.0 Å². The summed E-state index contributed by atoms with van der Waals surface area (Å²) < 4.78 is 31.4. The van der Waals surface area contributed by atoms with Crippen LogP contribution in [0, 0.1) is 13.8 Å². The molecule has 3 heterocycles. The monoisotopic (exact) mass is 392 g/mol. The Kier molecular flexibility index (Phi) is 5.61. The first-order valence-corrected chi connectivity index (χ1v) is 10.7. The Morgan fingerprint density at radius 1 is 1.41 bits per heavy atom. The molecule has 1 fully saturated rings. The van der Waals surface area contributed by atoms with Crippen LogP contribution in [-0.2, 0) is 16.6 Å². The van der Waals surface area contributed by atoms with E-state index in [1.807, 2.05) is 6.07 Å². The van der Waals surface area contributed by atoms with Gasteiger partial charge in [0.25, 0.3) is 5.91 Å². The van der Waals surface area contributed by atoms with Crippen molar-refractivity contribution in [2.45, 2.75) is 39.3 Å². The highest BCUT2D eigenvalue weighted by Crippen LogP contribution is 2.24. The number of rotatable bonds is 5. The first-order valence-electron chi connectivity index (χ1n) is 8.85. The van der Waals surface area contributed by atoms with Gasteiger partial charge in [0.15, 0.2) is 0 Å². The molecule has 0 spiro atoms. The lowest BCUT2D eigenvalue weighted by Gasteiger charge is -2.38. The molecule has 0 saturated carbocycles. The van der Waals surface area contributed by atoms with Gasteiger partial charge < -0.3 is 9.42 Å². The van der Waals surface area contributed by atoms with Gasteiger partial charge in [-0.3, -0.25) is 9.78 Å². The molecule has 1 aliphatic heterocycles. The predicted molar refractivity (Wildman–Crippen MR) is 99.5 cm³/mol. The molecular weight excluding hydrogens is 368 g/mol. The van der Waals surface area contributed by atoms with Crippen LogP contribution in [0.2, 0.25) is 0 Å². The number of piperidine rings is 1. The number of nitrogens with zero attached hydrogens (tertiary/aromatic N) is 4. The fraction of sp³-hybridized carbons (Fsp3) is 0.500. The number of pyridine rings is 1. The molecule has 2 aromatic rings. The van der Waals surface area contributed by atoms with Crippen LogP contribution in [0.1, 0.15) is 40.2 Å². The van der Waals surface area contributed by atoms with Crippen LogP contribution in [0.25, 0.3) is 0 Å². The predicted octanol–water partition coefficient (Wildman–Crippen LogP) is 1.75. The van der Waals surface area contributed by atoms with Crippen molar-refractivity contribution >= 4 is 15.9 Å². The van der Waals surface area contributed by atoms with E-state index in [0.717, 1.165) is 12.0 Å². The lowest BCUT2D eigenvalue weighted by Crippen LogP contribution is -2.51. The van der Waals surface area contributed by atoms with E-state index in [2.05, 4.69) is 10.1 Å². The number of hydrogen-bond acceptors (Lipinski definition) is 6. The van der Waals surface area contributed by atoms with Crippen molar-refractivity contribution in [1.82, 2.24) is 19.3 Å². The highest BCUT2D eigenvalue weighted by molar-refractivity contribution is 7.88. The number of carbonyl (C=O) groups excluding carboxylic acids is 1. The molecule has 0 radical (unpaired) electrons. The van der Waals surface area contributed by atoms with Crippen molar-refractivity contribution in [3.63, 3.8) is 0 Å². The summed E-state index contributed by atoms with van der Waals surface area (Å²) in [6.07, 6.45) is 5.96. The number of aromatic nitrogens is 2. The van der Waals surface area contributed by atoms with Gasteiger partial charge in [-0.2, -0.15) is 4.31 Å². The zero-order valence-corrected chi connectivity index (χ0v) is 16.6. The SMILES string of the molecule is Cc1noc(C)c1C(=O)N1CCCC(N(Cc2cccnc2)S(C)(=O)=O)C1. The lowest BCUT2D eigenvalue weighted by atomic mass is 10.0. The second-order valence-corrected chi connectivity index (χ2v) is 8.85. The Balaban J connectivity index is 1.81. The maximum atomic E-state index is 12.9. The average Bonchev–Trinajstić information content (AvgIpc) is 2.97. The van der Waals surface area contributed by atoms with Gasteiger partial charge in [0.2, 0.25) is 10.0 Å². The van der Waals surface area contributed by atoms with Crippen molar-refractivity contribution in [2.75, 3.05) is 19.3 Å². The van der Waals surface area contributed by atoms with Crippen molar-refractivity contribution in [3.05, 3.63) is 47.1 Å². The zero-order valence-electron chi connectivity index (χ0n) is 15.8. The summed E-state index contributed by atoms with van der Waals surface area (Å²) in [6, 6.07) is 3.35. The van der Waals surface area contributed by atoms with Gasteiger partial charge in [-0.05, 0) is 38.3 Å². The Bertz CT molecular complexity index is 891. The summed E-state index contributed by atoms with van der Waals surface area (Å²) in [4.78, 5) is 18.7. The normalized spacial score (nSPS) is 18.1. The largest absolute Gasteiger partial charge is 0.361 e. The number of likely N-dealkylation sites (tertiary alicyclic amines) is 1. The van der Waals surface area contributed by atoms with Gasteiger partial charge in [0.1, 0.15) is 11.3 Å². The molecule has 0 aromatic carbocycles. The third-order valence-electron chi connectivity index (χ3n) is 4.83. The van der Waals surface area contributed by atoms with Crippen LogP contribution < -0.4 is 0 Å². The zero-order chi connectivity index (χ0) is 19.6. The average molecular weight is 392 g/mol. The number of amides is 1. The fourth-order valence-corrected chi connectivity index (χ4v) is 4.61. The Morgan fingerprint density at radius 3 is 2.78 bits per heavy atom. The van der Waals surface area contributed by atoms with Gasteiger partial charge >= 0.3 is 0 Å². The van der Waals surface area contributed by atoms with E-state index in [1.54, 1.807) is 37.2 Å². The van der Waals surface area contributed by atoms with Gasteiger partial charge in [0.05, 0.1) is 11.9 Å². The standard InChI is InChI=1S/C18H24N4O4S/c1-13-17(14(2)26-20-13)18(23)21-9-5-7-16(12-21)22(27(3,24)25)11-15-6-4-8-19-10-15/h4,6,8,10,16H,5,7,9,11-12H2,1-3H3. The van der Waals surface area contributed by atoms with E-state index in [1.165, 1.54) is 10.6 Å². The van der Waals surface area contributed by atoms with Crippen LogP contribution in [-0.4, -0.2) is 59.1 Å². The molecule has 27 heavy (non-hydrogen) atoms. The first kappa shape index (κ1) is 19.5. The third kappa shape index (κ3) is 4.36. The molecular formula is C18H24N4O4S. The van der Waals surface area contributed by atoms with Crippen molar-refractivity contribution in [2.24, 2.45) is 0 Å². The van der Waals surface area contributed by atoms with Crippen LogP contribution >= 0.6 is 0 Å². The molecule has 0 N–H and O–H groups in total. The Hall–Kier alpha value is -2.26. The summed E-state index contributed by atoms with van der Waals surface area (Å²) >= 11 is 0. The molecule has 2 aromatic heterocycles. The summed E-state index contributed by atoms with van der Waals surface area (Å²) in [5.74, 6) is 0.320. The summed E-state index contributed by atoms with van der Waals surface area (Å²) in [5, 5.41) is 3.85. The van der Waals surface area contributed by atoms with Crippen LogP contribution in [0.3, 0.4) is 0 Å². The molecule has 1 saturated heterocycles. The maximum absolute atomic E-state index is 12.9. The topological polar surface area (TPSA) is 96.6 Å². The van der Waals surface area contributed by atoms with E-state index < -0.39 is 10.0 Å². The summed E-state index contributed by atoms with van der Waals surface area (Å²) in [6.45, 7) is 4.61. The lowest BCUT2D eigenvalue weighted by molar-refractivity contribution is 0.0648. The molecule has 1 atom stereocenters. The minimum atomic E-state index is -3.45. The molecule has 1 aliphatic rings. The number of hydrogen-bond donors (Lipinski definition) is 0.